The average Bonchev–Trinajstić information content (AvgIpc) is 3.72. The molecule has 3 nitrogen and oxygen atoms in total. The van der Waals surface area contributed by atoms with E-state index >= 15 is 0 Å². The number of allylic oxidation sites excluding steroid dienone is 2. The van der Waals surface area contributed by atoms with Gasteiger partial charge in [0.15, 0.2) is 0 Å². The number of rotatable bonds is 8. The number of aliphatic imine (C=N–C) groups is 1. The number of hydrogen-bond acceptors (Lipinski definition) is 2. The largest absolute Gasteiger partial charge is 0.377 e. The number of fused-ring (bicyclic) bond motifs is 5. The van der Waals surface area contributed by atoms with Crippen molar-refractivity contribution in [3.05, 3.63) is 216 Å². The predicted molar refractivity (Wildman–Crippen MR) is 234 cm³/mol. The Morgan fingerprint density at radius 1 is 0.618 bits per heavy atom. The molecule has 1 aromatic heterocycles. The third-order valence-electron chi connectivity index (χ3n) is 11.2. The highest BCUT2D eigenvalue weighted by Gasteiger charge is 2.42. The molecule has 55 heavy (non-hydrogen) atoms. The molecule has 0 saturated heterocycles. The van der Waals surface area contributed by atoms with Gasteiger partial charge in [-0.1, -0.05) is 172 Å². The van der Waals surface area contributed by atoms with Crippen molar-refractivity contribution in [2.24, 2.45) is 4.99 Å². The molecule has 2 heterocycles. The normalized spacial score (nSPS) is 15.2. The van der Waals surface area contributed by atoms with Gasteiger partial charge in [0.05, 0.1) is 22.8 Å². The van der Waals surface area contributed by atoms with E-state index in [9.17, 15) is 0 Å². The average molecular weight is 710 g/mol. The van der Waals surface area contributed by atoms with Crippen LogP contribution in [0, 0.1) is 0 Å². The Bertz CT molecular complexity index is 2730. The zero-order valence-corrected chi connectivity index (χ0v) is 31.5. The van der Waals surface area contributed by atoms with Gasteiger partial charge < -0.3 is 9.88 Å². The first-order valence-corrected chi connectivity index (χ1v) is 19.0. The van der Waals surface area contributed by atoms with Crippen LogP contribution in [0.4, 0.5) is 5.69 Å². The fourth-order valence-electron chi connectivity index (χ4n) is 8.37. The van der Waals surface area contributed by atoms with Crippen LogP contribution in [0.25, 0.3) is 49.9 Å². The minimum Gasteiger partial charge on any atom is -0.377 e. The van der Waals surface area contributed by atoms with Crippen LogP contribution in [-0.2, 0) is 5.41 Å². The van der Waals surface area contributed by atoms with Crippen molar-refractivity contribution in [3.63, 3.8) is 0 Å². The molecular weight excluding hydrogens is 667 g/mol. The molecule has 1 aliphatic rings. The van der Waals surface area contributed by atoms with E-state index in [1.807, 2.05) is 12.1 Å². The van der Waals surface area contributed by atoms with Gasteiger partial charge in [0, 0.05) is 44.4 Å². The molecule has 0 fully saturated rings. The predicted octanol–water partition coefficient (Wildman–Crippen LogP) is 13.5. The van der Waals surface area contributed by atoms with E-state index in [1.165, 1.54) is 49.7 Å². The van der Waals surface area contributed by atoms with Gasteiger partial charge in [-0.15, -0.1) is 0 Å². The van der Waals surface area contributed by atoms with Gasteiger partial charge in [0.2, 0.25) is 0 Å². The van der Waals surface area contributed by atoms with Gasteiger partial charge in [-0.3, -0.25) is 4.99 Å². The number of nitrogens with one attached hydrogen (secondary N) is 1. The Kier molecular flexibility index (Phi) is 8.63. The Labute approximate surface area is 323 Å². The second-order valence-electron chi connectivity index (χ2n) is 15.1. The van der Waals surface area contributed by atoms with Crippen LogP contribution in [0.15, 0.2) is 194 Å². The maximum atomic E-state index is 5.25. The molecule has 7 aromatic carbocycles. The SMILES string of the molecule is C=C(/C=C(\N=C(/C)c1ccccc1)c1ccc(-n2c3ccccc3c3ccc4c(c32)C(C)(C)C(c2ccccc2)N4)cc1)c1ccc(-c2ccccc2)cc1. The molecule has 0 radical (unpaired) electrons. The smallest absolute Gasteiger partial charge is 0.0711 e. The van der Waals surface area contributed by atoms with Gasteiger partial charge in [-0.25, -0.2) is 0 Å². The van der Waals surface area contributed by atoms with Gasteiger partial charge in [-0.2, -0.15) is 0 Å². The lowest BCUT2D eigenvalue weighted by Crippen LogP contribution is -2.25. The van der Waals surface area contributed by atoms with Crippen molar-refractivity contribution in [2.75, 3.05) is 5.32 Å². The molecule has 9 rings (SSSR count). The Balaban J connectivity index is 1.14. The molecule has 1 atom stereocenters. The summed E-state index contributed by atoms with van der Waals surface area (Å²) >= 11 is 0. The van der Waals surface area contributed by atoms with Crippen LogP contribution in [0.1, 0.15) is 54.6 Å². The van der Waals surface area contributed by atoms with E-state index in [2.05, 4.69) is 207 Å². The van der Waals surface area contributed by atoms with Gasteiger partial charge in [0.25, 0.3) is 0 Å². The van der Waals surface area contributed by atoms with Crippen LogP contribution >= 0.6 is 0 Å². The zero-order valence-electron chi connectivity index (χ0n) is 31.5. The van der Waals surface area contributed by atoms with Gasteiger partial charge in [0.1, 0.15) is 0 Å². The Morgan fingerprint density at radius 3 is 1.93 bits per heavy atom. The lowest BCUT2D eigenvalue weighted by Gasteiger charge is -2.29. The van der Waals surface area contributed by atoms with E-state index in [0.29, 0.717) is 0 Å². The Hall–Kier alpha value is -6.71. The lowest BCUT2D eigenvalue weighted by molar-refractivity contribution is 0.476. The highest BCUT2D eigenvalue weighted by molar-refractivity contribution is 6.12. The van der Waals surface area contributed by atoms with Crippen LogP contribution in [0.3, 0.4) is 0 Å². The maximum Gasteiger partial charge on any atom is 0.0711 e. The summed E-state index contributed by atoms with van der Waals surface area (Å²) in [5.74, 6) is 0. The number of hydrogen-bond donors (Lipinski definition) is 1. The molecule has 1 aliphatic heterocycles. The topological polar surface area (TPSA) is 29.3 Å². The summed E-state index contributed by atoms with van der Waals surface area (Å²) in [6.07, 6.45) is 2.12. The first kappa shape index (κ1) is 34.1. The van der Waals surface area contributed by atoms with E-state index in [-0.39, 0.29) is 11.5 Å². The fraction of sp³-hybridized carbons (Fsp3) is 0.0962. The lowest BCUT2D eigenvalue weighted by atomic mass is 9.77. The minimum atomic E-state index is -0.165. The first-order chi connectivity index (χ1) is 26.9. The second-order valence-corrected chi connectivity index (χ2v) is 15.1. The summed E-state index contributed by atoms with van der Waals surface area (Å²) in [6, 6.07) is 62.7. The van der Waals surface area contributed by atoms with Crippen molar-refractivity contribution in [1.29, 1.82) is 0 Å². The summed E-state index contributed by atoms with van der Waals surface area (Å²) in [6.45, 7) is 11.3. The molecule has 1 N–H and O–H groups in total. The number of para-hydroxylation sites is 1. The highest BCUT2D eigenvalue weighted by Crippen LogP contribution is 2.52. The summed E-state index contributed by atoms with van der Waals surface area (Å²) in [7, 11) is 0. The summed E-state index contributed by atoms with van der Waals surface area (Å²) < 4.78 is 2.46. The molecule has 0 aliphatic carbocycles. The molecule has 3 heteroatoms. The van der Waals surface area contributed by atoms with Crippen LogP contribution in [-0.4, -0.2) is 10.3 Å². The Morgan fingerprint density at radius 2 is 1.22 bits per heavy atom. The second kappa shape index (κ2) is 13.9. The van der Waals surface area contributed by atoms with E-state index in [1.54, 1.807) is 0 Å². The summed E-state index contributed by atoms with van der Waals surface area (Å²) in [5.41, 5.74) is 15.5. The number of benzene rings is 7. The van der Waals surface area contributed by atoms with E-state index in [0.717, 1.165) is 39.4 Å². The van der Waals surface area contributed by atoms with Crippen molar-refractivity contribution >= 4 is 44.5 Å². The number of aromatic nitrogens is 1. The number of anilines is 1. The van der Waals surface area contributed by atoms with Crippen molar-refractivity contribution in [3.8, 4) is 16.8 Å². The highest BCUT2D eigenvalue weighted by atomic mass is 15.0. The van der Waals surface area contributed by atoms with Crippen LogP contribution in [0.2, 0.25) is 0 Å². The number of nitrogens with zero attached hydrogens (tertiary/aromatic N) is 2. The third-order valence-corrected chi connectivity index (χ3v) is 11.2. The van der Waals surface area contributed by atoms with Gasteiger partial charge in [-0.05, 0) is 70.7 Å². The first-order valence-electron chi connectivity index (χ1n) is 19.0. The molecular formula is C52H43N3. The molecule has 0 bridgehead atoms. The molecule has 0 spiro atoms. The quantitative estimate of drug-likeness (QED) is 0.124. The maximum absolute atomic E-state index is 5.25. The molecule has 266 valence electrons. The third kappa shape index (κ3) is 6.18. The van der Waals surface area contributed by atoms with Gasteiger partial charge >= 0.3 is 0 Å². The standard InChI is InChI=1S/C52H43N3/c1-35(37-24-26-40(27-25-37)39-18-10-6-11-19-39)34-47(53-36(2)38-16-8-5-9-17-38)41-28-30-43(31-29-41)55-48-23-15-14-22-44(48)45-32-33-46-49(50(45)55)52(3,4)51(54-46)42-20-12-7-13-21-42/h5-34,51,54H,1H2,2-4H3/b47-34-,53-36+. The van der Waals surface area contributed by atoms with Crippen LogP contribution in [0.5, 0.6) is 0 Å². The summed E-state index contributed by atoms with van der Waals surface area (Å²) in [5, 5.41) is 6.43. The zero-order chi connectivity index (χ0) is 37.5. The van der Waals surface area contributed by atoms with Crippen LogP contribution < -0.4 is 5.32 Å². The molecule has 0 amide bonds. The summed E-state index contributed by atoms with van der Waals surface area (Å²) in [4.78, 5) is 5.25. The van der Waals surface area contributed by atoms with E-state index < -0.39 is 0 Å². The monoisotopic (exact) mass is 709 g/mol. The van der Waals surface area contributed by atoms with Crippen molar-refractivity contribution < 1.29 is 0 Å². The minimum absolute atomic E-state index is 0.157. The van der Waals surface area contributed by atoms with Crippen molar-refractivity contribution in [2.45, 2.75) is 32.2 Å². The molecule has 8 aromatic rings. The fourth-order valence-corrected chi connectivity index (χ4v) is 8.37. The molecule has 1 unspecified atom stereocenters. The van der Waals surface area contributed by atoms with E-state index in [4.69, 9.17) is 4.99 Å². The van der Waals surface area contributed by atoms with Crippen molar-refractivity contribution in [1.82, 2.24) is 4.57 Å². The molecule has 0 saturated carbocycles.